The number of benzene rings is 1. The highest BCUT2D eigenvalue weighted by molar-refractivity contribution is 5.92. The molecule has 0 bridgehead atoms. The van der Waals surface area contributed by atoms with Crippen molar-refractivity contribution in [2.24, 2.45) is 5.92 Å². The number of amides is 1. The van der Waals surface area contributed by atoms with Crippen molar-refractivity contribution < 1.29 is 9.90 Å². The number of carbonyl (C=O) groups is 1. The standard InChI is InChI=1S/C17H21NO2/c1-13-9-10-16(12-15(13)8-4-5-11-19)18-17(20)14-6-2-3-7-14/h9-10,12,14,19H,2-3,5-7,11H2,1H3,(H,18,20). The average molecular weight is 271 g/mol. The maximum atomic E-state index is 12.1. The normalized spacial score (nSPS) is 14.7. The Balaban J connectivity index is 2.07. The molecule has 20 heavy (non-hydrogen) atoms. The number of rotatable bonds is 3. The first kappa shape index (κ1) is 14.6. The summed E-state index contributed by atoms with van der Waals surface area (Å²) in [5, 5.41) is 11.7. The Morgan fingerprint density at radius 2 is 2.15 bits per heavy atom. The second-order valence-corrected chi connectivity index (χ2v) is 5.28. The largest absolute Gasteiger partial charge is 0.395 e. The van der Waals surface area contributed by atoms with Gasteiger partial charge < -0.3 is 10.4 Å². The molecular weight excluding hydrogens is 250 g/mol. The maximum absolute atomic E-state index is 12.1. The fraction of sp³-hybridized carbons (Fsp3) is 0.471. The summed E-state index contributed by atoms with van der Waals surface area (Å²) in [5.41, 5.74) is 2.79. The van der Waals surface area contributed by atoms with Crippen LogP contribution in [0.4, 0.5) is 5.69 Å². The van der Waals surface area contributed by atoms with Crippen LogP contribution in [0.15, 0.2) is 18.2 Å². The summed E-state index contributed by atoms with van der Waals surface area (Å²) in [5.74, 6) is 6.24. The van der Waals surface area contributed by atoms with E-state index in [1.54, 1.807) is 0 Å². The van der Waals surface area contributed by atoms with Crippen molar-refractivity contribution in [2.45, 2.75) is 39.0 Å². The van der Waals surface area contributed by atoms with Gasteiger partial charge in [0, 0.05) is 23.6 Å². The summed E-state index contributed by atoms with van der Waals surface area (Å²) in [7, 11) is 0. The SMILES string of the molecule is Cc1ccc(NC(=O)C2CCCC2)cc1C#CCCO. The van der Waals surface area contributed by atoms with Gasteiger partial charge in [0.05, 0.1) is 6.61 Å². The van der Waals surface area contributed by atoms with E-state index in [0.717, 1.165) is 42.5 Å². The Labute approximate surface area is 120 Å². The van der Waals surface area contributed by atoms with Gasteiger partial charge in [-0.15, -0.1) is 0 Å². The van der Waals surface area contributed by atoms with Crippen LogP contribution >= 0.6 is 0 Å². The zero-order chi connectivity index (χ0) is 14.4. The number of aliphatic hydroxyl groups is 1. The van der Waals surface area contributed by atoms with Gasteiger partial charge >= 0.3 is 0 Å². The number of aliphatic hydroxyl groups excluding tert-OH is 1. The molecule has 1 aliphatic rings. The van der Waals surface area contributed by atoms with Crippen molar-refractivity contribution in [3.63, 3.8) is 0 Å². The lowest BCUT2D eigenvalue weighted by Gasteiger charge is -2.11. The number of hydrogen-bond donors (Lipinski definition) is 2. The second-order valence-electron chi connectivity index (χ2n) is 5.28. The third-order valence-corrected chi connectivity index (χ3v) is 3.69. The van der Waals surface area contributed by atoms with Crippen LogP contribution in [0.3, 0.4) is 0 Å². The van der Waals surface area contributed by atoms with E-state index in [-0.39, 0.29) is 18.4 Å². The van der Waals surface area contributed by atoms with Gasteiger partial charge in [-0.2, -0.15) is 0 Å². The van der Waals surface area contributed by atoms with Crippen LogP contribution in [-0.2, 0) is 4.79 Å². The molecule has 0 radical (unpaired) electrons. The van der Waals surface area contributed by atoms with E-state index in [2.05, 4.69) is 17.2 Å². The molecule has 1 amide bonds. The molecule has 0 heterocycles. The van der Waals surface area contributed by atoms with Crippen LogP contribution in [0.25, 0.3) is 0 Å². The molecule has 1 aromatic carbocycles. The summed E-state index contributed by atoms with van der Waals surface area (Å²) >= 11 is 0. The smallest absolute Gasteiger partial charge is 0.227 e. The molecular formula is C17H21NO2. The van der Waals surface area contributed by atoms with Gasteiger partial charge in [0.15, 0.2) is 0 Å². The van der Waals surface area contributed by atoms with Gasteiger partial charge in [-0.25, -0.2) is 0 Å². The summed E-state index contributed by atoms with van der Waals surface area (Å²) < 4.78 is 0. The van der Waals surface area contributed by atoms with Gasteiger partial charge in [0.25, 0.3) is 0 Å². The lowest BCUT2D eigenvalue weighted by molar-refractivity contribution is -0.119. The minimum atomic E-state index is 0.0736. The van der Waals surface area contributed by atoms with E-state index in [1.165, 1.54) is 0 Å². The number of hydrogen-bond acceptors (Lipinski definition) is 2. The Bertz CT molecular complexity index is 534. The van der Waals surface area contributed by atoms with Gasteiger partial charge in [0.2, 0.25) is 5.91 Å². The maximum Gasteiger partial charge on any atom is 0.227 e. The van der Waals surface area contributed by atoms with Crippen LogP contribution in [0.2, 0.25) is 0 Å². The van der Waals surface area contributed by atoms with Crippen LogP contribution < -0.4 is 5.32 Å². The zero-order valence-electron chi connectivity index (χ0n) is 11.9. The molecule has 0 aromatic heterocycles. The molecule has 1 saturated carbocycles. The highest BCUT2D eigenvalue weighted by Crippen LogP contribution is 2.26. The second kappa shape index (κ2) is 7.12. The topological polar surface area (TPSA) is 49.3 Å². The molecule has 3 nitrogen and oxygen atoms in total. The van der Waals surface area contributed by atoms with E-state index >= 15 is 0 Å². The summed E-state index contributed by atoms with van der Waals surface area (Å²) in [4.78, 5) is 12.1. The van der Waals surface area contributed by atoms with E-state index in [0.29, 0.717) is 6.42 Å². The first-order valence-corrected chi connectivity index (χ1v) is 7.22. The number of aryl methyl sites for hydroxylation is 1. The van der Waals surface area contributed by atoms with Gasteiger partial charge in [-0.1, -0.05) is 30.7 Å². The highest BCUT2D eigenvalue weighted by atomic mass is 16.2. The summed E-state index contributed by atoms with van der Waals surface area (Å²) in [6, 6.07) is 5.79. The van der Waals surface area contributed by atoms with Crippen LogP contribution in [0.5, 0.6) is 0 Å². The third kappa shape index (κ3) is 3.85. The molecule has 1 aromatic rings. The van der Waals surface area contributed by atoms with Crippen LogP contribution in [0, 0.1) is 24.7 Å². The first-order valence-electron chi connectivity index (χ1n) is 7.22. The quantitative estimate of drug-likeness (QED) is 0.831. The predicted molar refractivity (Wildman–Crippen MR) is 80.3 cm³/mol. The average Bonchev–Trinajstić information content (AvgIpc) is 2.96. The lowest BCUT2D eigenvalue weighted by atomic mass is 10.1. The first-order chi connectivity index (χ1) is 9.70. The molecule has 1 fully saturated rings. The minimum Gasteiger partial charge on any atom is -0.395 e. The highest BCUT2D eigenvalue weighted by Gasteiger charge is 2.22. The Hall–Kier alpha value is -1.79. The van der Waals surface area contributed by atoms with E-state index in [4.69, 9.17) is 5.11 Å². The Morgan fingerprint density at radius 1 is 1.40 bits per heavy atom. The fourth-order valence-corrected chi connectivity index (χ4v) is 2.48. The molecule has 2 rings (SSSR count). The van der Waals surface area contributed by atoms with Crippen molar-refractivity contribution >= 4 is 11.6 Å². The number of carbonyl (C=O) groups excluding carboxylic acids is 1. The Morgan fingerprint density at radius 3 is 2.85 bits per heavy atom. The van der Waals surface area contributed by atoms with E-state index in [1.807, 2.05) is 25.1 Å². The van der Waals surface area contributed by atoms with Crippen molar-refractivity contribution in [1.29, 1.82) is 0 Å². The molecule has 2 N–H and O–H groups in total. The summed E-state index contributed by atoms with van der Waals surface area (Å²) in [6.45, 7) is 2.07. The molecule has 0 aliphatic heterocycles. The summed E-state index contributed by atoms with van der Waals surface area (Å²) in [6.07, 6.45) is 4.79. The fourth-order valence-electron chi connectivity index (χ4n) is 2.48. The molecule has 0 atom stereocenters. The van der Waals surface area contributed by atoms with Crippen LogP contribution in [-0.4, -0.2) is 17.6 Å². The molecule has 1 aliphatic carbocycles. The van der Waals surface area contributed by atoms with Crippen molar-refractivity contribution in [3.8, 4) is 11.8 Å². The van der Waals surface area contributed by atoms with Crippen molar-refractivity contribution in [2.75, 3.05) is 11.9 Å². The van der Waals surface area contributed by atoms with Gasteiger partial charge in [-0.05, 0) is 37.5 Å². The molecule has 0 unspecified atom stereocenters. The molecule has 3 heteroatoms. The number of anilines is 1. The monoisotopic (exact) mass is 271 g/mol. The molecule has 0 spiro atoms. The van der Waals surface area contributed by atoms with Crippen molar-refractivity contribution in [1.82, 2.24) is 0 Å². The minimum absolute atomic E-state index is 0.0736. The van der Waals surface area contributed by atoms with Crippen molar-refractivity contribution in [3.05, 3.63) is 29.3 Å². The van der Waals surface area contributed by atoms with Gasteiger partial charge in [0.1, 0.15) is 0 Å². The van der Waals surface area contributed by atoms with Gasteiger partial charge in [-0.3, -0.25) is 4.79 Å². The zero-order valence-corrected chi connectivity index (χ0v) is 11.9. The van der Waals surface area contributed by atoms with Crippen LogP contribution in [0.1, 0.15) is 43.2 Å². The third-order valence-electron chi connectivity index (χ3n) is 3.69. The number of nitrogens with one attached hydrogen (secondary N) is 1. The predicted octanol–water partition coefficient (Wildman–Crippen LogP) is 2.86. The Kier molecular flexibility index (Phi) is 5.20. The molecule has 0 saturated heterocycles. The lowest BCUT2D eigenvalue weighted by Crippen LogP contribution is -2.20. The van der Waals surface area contributed by atoms with E-state index < -0.39 is 0 Å². The van der Waals surface area contributed by atoms with E-state index in [9.17, 15) is 4.79 Å². The molecule has 106 valence electrons.